The van der Waals surface area contributed by atoms with E-state index in [1.54, 1.807) is 0 Å². The first-order chi connectivity index (χ1) is 9.20. The molecule has 1 aromatic rings. The summed E-state index contributed by atoms with van der Waals surface area (Å²) in [7, 11) is 0. The number of ether oxygens (including phenoxy) is 1. The molecule has 1 aromatic carbocycles. The van der Waals surface area contributed by atoms with Gasteiger partial charge in [-0.15, -0.1) is 0 Å². The molecule has 1 unspecified atom stereocenters. The summed E-state index contributed by atoms with van der Waals surface area (Å²) in [5.74, 6) is 1.64. The van der Waals surface area contributed by atoms with E-state index in [0.29, 0.717) is 6.42 Å². The van der Waals surface area contributed by atoms with Crippen molar-refractivity contribution in [1.29, 1.82) is 0 Å². The molecule has 3 heteroatoms. The molecule has 19 heavy (non-hydrogen) atoms. The van der Waals surface area contributed by atoms with Crippen molar-refractivity contribution < 1.29 is 9.53 Å². The van der Waals surface area contributed by atoms with Crippen LogP contribution in [-0.2, 0) is 4.79 Å². The molecular formula is C16H23NO2. The van der Waals surface area contributed by atoms with E-state index in [9.17, 15) is 4.79 Å². The quantitative estimate of drug-likeness (QED) is 0.833. The number of benzene rings is 1. The van der Waals surface area contributed by atoms with Crippen molar-refractivity contribution in [2.75, 3.05) is 13.1 Å². The number of rotatable bonds is 4. The minimum absolute atomic E-state index is 0.137. The molecule has 1 aliphatic heterocycles. The second-order valence-corrected chi connectivity index (χ2v) is 5.34. The number of hydrogen-bond donors (Lipinski definition) is 0. The van der Waals surface area contributed by atoms with Gasteiger partial charge in [0.05, 0.1) is 0 Å². The van der Waals surface area contributed by atoms with Crippen LogP contribution in [0.2, 0.25) is 0 Å². The van der Waals surface area contributed by atoms with Crippen molar-refractivity contribution in [3.05, 3.63) is 30.3 Å². The van der Waals surface area contributed by atoms with Gasteiger partial charge in [-0.25, -0.2) is 0 Å². The molecule has 0 aliphatic carbocycles. The number of piperidine rings is 1. The van der Waals surface area contributed by atoms with Crippen LogP contribution in [-0.4, -0.2) is 30.0 Å². The van der Waals surface area contributed by atoms with E-state index in [1.807, 2.05) is 42.2 Å². The Morgan fingerprint density at radius 2 is 1.95 bits per heavy atom. The van der Waals surface area contributed by atoms with Crippen LogP contribution in [0.4, 0.5) is 0 Å². The van der Waals surface area contributed by atoms with E-state index in [0.717, 1.165) is 37.6 Å². The van der Waals surface area contributed by atoms with Crippen molar-refractivity contribution in [1.82, 2.24) is 4.90 Å². The van der Waals surface area contributed by atoms with E-state index >= 15 is 0 Å². The van der Waals surface area contributed by atoms with Crippen LogP contribution in [0.15, 0.2) is 30.3 Å². The van der Waals surface area contributed by atoms with Gasteiger partial charge in [-0.3, -0.25) is 4.79 Å². The molecule has 1 heterocycles. The van der Waals surface area contributed by atoms with Gasteiger partial charge in [0.25, 0.3) is 5.91 Å². The highest BCUT2D eigenvalue weighted by Crippen LogP contribution is 2.19. The highest BCUT2D eigenvalue weighted by atomic mass is 16.5. The molecule has 0 saturated carbocycles. The molecule has 104 valence electrons. The normalized spacial score (nSPS) is 18.1. The molecule has 1 aliphatic rings. The minimum atomic E-state index is -0.351. The molecule has 1 saturated heterocycles. The van der Waals surface area contributed by atoms with E-state index in [-0.39, 0.29) is 12.0 Å². The summed E-state index contributed by atoms with van der Waals surface area (Å²) in [4.78, 5) is 14.4. The lowest BCUT2D eigenvalue weighted by Crippen LogP contribution is -2.45. The zero-order valence-corrected chi connectivity index (χ0v) is 11.8. The summed E-state index contributed by atoms with van der Waals surface area (Å²) >= 11 is 0. The first kappa shape index (κ1) is 13.9. The van der Waals surface area contributed by atoms with Crippen LogP contribution in [0.5, 0.6) is 5.75 Å². The number of hydrogen-bond acceptors (Lipinski definition) is 2. The summed E-state index contributed by atoms with van der Waals surface area (Å²) in [5, 5.41) is 0. The molecule has 1 atom stereocenters. The number of likely N-dealkylation sites (tertiary alicyclic amines) is 1. The van der Waals surface area contributed by atoms with Crippen molar-refractivity contribution >= 4 is 5.91 Å². The summed E-state index contributed by atoms with van der Waals surface area (Å²) in [6.07, 6.45) is 2.57. The predicted octanol–water partition coefficient (Wildman–Crippen LogP) is 3.10. The first-order valence-electron chi connectivity index (χ1n) is 7.21. The number of nitrogens with zero attached hydrogens (tertiary/aromatic N) is 1. The molecule has 0 N–H and O–H groups in total. The van der Waals surface area contributed by atoms with Gasteiger partial charge in [0.15, 0.2) is 6.10 Å². The number of carbonyl (C=O) groups excluding carboxylic acids is 1. The lowest BCUT2D eigenvalue weighted by atomic mass is 9.99. The Morgan fingerprint density at radius 1 is 1.32 bits per heavy atom. The average molecular weight is 261 g/mol. The number of para-hydroxylation sites is 1. The summed E-state index contributed by atoms with van der Waals surface area (Å²) in [6, 6.07) is 9.59. The second kappa shape index (κ2) is 6.60. The topological polar surface area (TPSA) is 29.5 Å². The Bertz CT molecular complexity index is 396. The molecule has 3 nitrogen and oxygen atoms in total. The Hall–Kier alpha value is -1.51. The van der Waals surface area contributed by atoms with E-state index in [2.05, 4.69) is 6.92 Å². The fraction of sp³-hybridized carbons (Fsp3) is 0.562. The average Bonchev–Trinajstić information content (AvgIpc) is 2.46. The zero-order valence-electron chi connectivity index (χ0n) is 11.8. The van der Waals surface area contributed by atoms with Gasteiger partial charge >= 0.3 is 0 Å². The Kier molecular flexibility index (Phi) is 4.83. The molecular weight excluding hydrogens is 238 g/mol. The van der Waals surface area contributed by atoms with Crippen LogP contribution >= 0.6 is 0 Å². The molecule has 0 aromatic heterocycles. The van der Waals surface area contributed by atoms with Crippen LogP contribution in [0.25, 0.3) is 0 Å². The fourth-order valence-corrected chi connectivity index (χ4v) is 2.40. The predicted molar refractivity (Wildman–Crippen MR) is 76.1 cm³/mol. The fourth-order valence-electron chi connectivity index (χ4n) is 2.40. The van der Waals surface area contributed by atoms with Crippen molar-refractivity contribution in [2.24, 2.45) is 5.92 Å². The van der Waals surface area contributed by atoms with Crippen LogP contribution in [0, 0.1) is 5.92 Å². The standard InChI is InChI=1S/C16H23NO2/c1-3-15(19-14-7-5-4-6-8-14)16(18)17-11-9-13(2)10-12-17/h4-8,13,15H,3,9-12H2,1-2H3. The lowest BCUT2D eigenvalue weighted by molar-refractivity contribution is -0.140. The maximum absolute atomic E-state index is 12.4. The van der Waals surface area contributed by atoms with Crippen molar-refractivity contribution in [2.45, 2.75) is 39.2 Å². The van der Waals surface area contributed by atoms with E-state index in [4.69, 9.17) is 4.74 Å². The van der Waals surface area contributed by atoms with Crippen LogP contribution < -0.4 is 4.74 Å². The molecule has 1 fully saturated rings. The van der Waals surface area contributed by atoms with E-state index in [1.165, 1.54) is 0 Å². The molecule has 0 spiro atoms. The minimum Gasteiger partial charge on any atom is -0.481 e. The number of carbonyl (C=O) groups is 1. The Labute approximate surface area is 115 Å². The third-order valence-corrected chi connectivity index (χ3v) is 3.76. The highest BCUT2D eigenvalue weighted by Gasteiger charge is 2.27. The van der Waals surface area contributed by atoms with Crippen LogP contribution in [0.1, 0.15) is 33.1 Å². The zero-order chi connectivity index (χ0) is 13.7. The van der Waals surface area contributed by atoms with Crippen LogP contribution in [0.3, 0.4) is 0 Å². The van der Waals surface area contributed by atoms with Crippen molar-refractivity contribution in [3.8, 4) is 5.75 Å². The Balaban J connectivity index is 1.95. The van der Waals surface area contributed by atoms with Gasteiger partial charge < -0.3 is 9.64 Å². The molecule has 0 radical (unpaired) electrons. The summed E-state index contributed by atoms with van der Waals surface area (Å²) in [6.45, 7) is 5.99. The van der Waals surface area contributed by atoms with Gasteiger partial charge in [-0.05, 0) is 37.3 Å². The highest BCUT2D eigenvalue weighted by molar-refractivity contribution is 5.81. The second-order valence-electron chi connectivity index (χ2n) is 5.34. The smallest absolute Gasteiger partial charge is 0.263 e. The monoisotopic (exact) mass is 261 g/mol. The van der Waals surface area contributed by atoms with Gasteiger partial charge in [-0.1, -0.05) is 32.0 Å². The van der Waals surface area contributed by atoms with Crippen molar-refractivity contribution in [3.63, 3.8) is 0 Å². The third kappa shape index (κ3) is 3.72. The first-order valence-corrected chi connectivity index (χ1v) is 7.21. The largest absolute Gasteiger partial charge is 0.481 e. The summed E-state index contributed by atoms with van der Waals surface area (Å²) < 4.78 is 5.81. The summed E-state index contributed by atoms with van der Waals surface area (Å²) in [5.41, 5.74) is 0. The SMILES string of the molecule is CCC(Oc1ccccc1)C(=O)N1CCC(C)CC1. The van der Waals surface area contributed by atoms with Gasteiger partial charge in [0.2, 0.25) is 0 Å². The third-order valence-electron chi connectivity index (χ3n) is 3.76. The molecule has 0 bridgehead atoms. The molecule has 2 rings (SSSR count). The number of amides is 1. The Morgan fingerprint density at radius 3 is 2.53 bits per heavy atom. The maximum atomic E-state index is 12.4. The van der Waals surface area contributed by atoms with Gasteiger partial charge in [-0.2, -0.15) is 0 Å². The lowest BCUT2D eigenvalue weighted by Gasteiger charge is -2.32. The van der Waals surface area contributed by atoms with Gasteiger partial charge in [0.1, 0.15) is 5.75 Å². The molecule has 1 amide bonds. The van der Waals surface area contributed by atoms with Gasteiger partial charge in [0, 0.05) is 13.1 Å². The maximum Gasteiger partial charge on any atom is 0.263 e. The van der Waals surface area contributed by atoms with E-state index < -0.39 is 0 Å².